The second-order valence-corrected chi connectivity index (χ2v) is 5.46. The molecule has 1 heterocycles. The molecular formula is C7H13N3O3S. The van der Waals surface area contributed by atoms with Crippen molar-refractivity contribution in [1.29, 1.82) is 0 Å². The molecule has 14 heavy (non-hydrogen) atoms. The second kappa shape index (κ2) is 3.95. The van der Waals surface area contributed by atoms with E-state index in [1.165, 1.54) is 10.9 Å². The maximum atomic E-state index is 11.2. The van der Waals surface area contributed by atoms with Crippen LogP contribution in [0.3, 0.4) is 0 Å². The molecular weight excluding hydrogens is 206 g/mol. The summed E-state index contributed by atoms with van der Waals surface area (Å²) in [4.78, 5) is 11.2. The quantitative estimate of drug-likeness (QED) is 0.652. The average Bonchev–Trinajstić information content (AvgIpc) is 2.45. The van der Waals surface area contributed by atoms with Gasteiger partial charge in [0.2, 0.25) is 0 Å². The van der Waals surface area contributed by atoms with Crippen LogP contribution >= 0.6 is 0 Å². The fourth-order valence-corrected chi connectivity index (χ4v) is 1.68. The Bertz CT molecular complexity index is 457. The number of hydrogen-bond acceptors (Lipinski definition) is 4. The van der Waals surface area contributed by atoms with Crippen molar-refractivity contribution in [2.24, 2.45) is 7.05 Å². The van der Waals surface area contributed by atoms with Crippen molar-refractivity contribution in [3.63, 3.8) is 0 Å². The maximum Gasteiger partial charge on any atom is 0.345 e. The van der Waals surface area contributed by atoms with E-state index in [2.05, 4.69) is 5.10 Å². The molecule has 0 spiro atoms. The van der Waals surface area contributed by atoms with Crippen molar-refractivity contribution in [2.75, 3.05) is 11.5 Å². The van der Waals surface area contributed by atoms with Crippen molar-refractivity contribution in [3.05, 3.63) is 16.8 Å². The Balaban J connectivity index is 2.73. The maximum absolute atomic E-state index is 11.2. The van der Waals surface area contributed by atoms with Crippen molar-refractivity contribution in [1.82, 2.24) is 14.3 Å². The van der Waals surface area contributed by atoms with Crippen LogP contribution < -0.4 is 5.69 Å². The first-order valence-corrected chi connectivity index (χ1v) is 6.07. The Hall–Kier alpha value is -1.11. The van der Waals surface area contributed by atoms with Crippen molar-refractivity contribution in [2.45, 2.75) is 13.5 Å². The second-order valence-electron chi connectivity index (χ2n) is 2.98. The highest BCUT2D eigenvalue weighted by atomic mass is 32.2. The van der Waals surface area contributed by atoms with Crippen LogP contribution in [0.4, 0.5) is 0 Å². The van der Waals surface area contributed by atoms with Gasteiger partial charge in [-0.05, 0) is 0 Å². The standard InChI is InChI=1S/C7H13N3O3S/c1-3-14(12,13)5-4-10-7(11)9(2)6-8-10/h6H,3-5H2,1-2H3. The molecule has 0 saturated carbocycles. The van der Waals surface area contributed by atoms with Crippen molar-refractivity contribution >= 4 is 9.84 Å². The molecule has 1 aromatic rings. The Morgan fingerprint density at radius 3 is 2.57 bits per heavy atom. The van der Waals surface area contributed by atoms with Gasteiger partial charge in [0.25, 0.3) is 0 Å². The third kappa shape index (κ3) is 2.44. The third-order valence-electron chi connectivity index (χ3n) is 1.94. The predicted molar refractivity (Wildman–Crippen MR) is 51.8 cm³/mol. The van der Waals surface area contributed by atoms with Gasteiger partial charge >= 0.3 is 5.69 Å². The Kier molecular flexibility index (Phi) is 3.10. The number of hydrogen-bond donors (Lipinski definition) is 0. The summed E-state index contributed by atoms with van der Waals surface area (Å²) in [5.41, 5.74) is -0.295. The smallest absolute Gasteiger partial charge is 0.285 e. The molecule has 0 radical (unpaired) electrons. The summed E-state index contributed by atoms with van der Waals surface area (Å²) in [5.74, 6) is 0.0506. The fraction of sp³-hybridized carbons (Fsp3) is 0.714. The van der Waals surface area contributed by atoms with Gasteiger partial charge < -0.3 is 0 Å². The molecule has 0 atom stereocenters. The van der Waals surface area contributed by atoms with E-state index in [1.807, 2.05) is 0 Å². The third-order valence-corrected chi connectivity index (χ3v) is 3.62. The van der Waals surface area contributed by atoms with Crippen LogP contribution in [0.15, 0.2) is 11.1 Å². The highest BCUT2D eigenvalue weighted by Crippen LogP contribution is 1.90. The molecule has 0 amide bonds. The first-order valence-electron chi connectivity index (χ1n) is 4.25. The van der Waals surface area contributed by atoms with Crippen LogP contribution in [0.25, 0.3) is 0 Å². The summed E-state index contributed by atoms with van der Waals surface area (Å²) < 4.78 is 24.7. The van der Waals surface area contributed by atoms with E-state index in [9.17, 15) is 13.2 Å². The largest absolute Gasteiger partial charge is 0.345 e. The summed E-state index contributed by atoms with van der Waals surface area (Å²) in [6, 6.07) is 0. The minimum absolute atomic E-state index is 0.0413. The van der Waals surface area contributed by atoms with Gasteiger partial charge in [0.05, 0.1) is 12.3 Å². The van der Waals surface area contributed by atoms with Gasteiger partial charge in [0.1, 0.15) is 6.33 Å². The Morgan fingerprint density at radius 2 is 2.14 bits per heavy atom. The minimum Gasteiger partial charge on any atom is -0.285 e. The summed E-state index contributed by atoms with van der Waals surface area (Å²) in [5, 5.41) is 3.76. The molecule has 0 N–H and O–H groups in total. The summed E-state index contributed by atoms with van der Waals surface area (Å²) >= 11 is 0. The van der Waals surface area contributed by atoms with Crippen LogP contribution in [0.5, 0.6) is 0 Å². The van der Waals surface area contributed by atoms with Crippen LogP contribution in [-0.4, -0.2) is 34.3 Å². The van der Waals surface area contributed by atoms with E-state index in [-0.39, 0.29) is 23.7 Å². The number of aromatic nitrogens is 3. The molecule has 1 aromatic heterocycles. The first kappa shape index (κ1) is 11.0. The number of nitrogens with zero attached hydrogens (tertiary/aromatic N) is 3. The molecule has 0 aliphatic carbocycles. The zero-order valence-electron chi connectivity index (χ0n) is 8.17. The Morgan fingerprint density at radius 1 is 1.50 bits per heavy atom. The molecule has 7 heteroatoms. The Labute approximate surface area is 82.1 Å². The molecule has 0 bridgehead atoms. The highest BCUT2D eigenvalue weighted by Gasteiger charge is 2.09. The molecule has 6 nitrogen and oxygen atoms in total. The van der Waals surface area contributed by atoms with Crippen LogP contribution in [0.1, 0.15) is 6.92 Å². The lowest BCUT2D eigenvalue weighted by Gasteiger charge is -1.99. The molecule has 0 fully saturated rings. The van der Waals surface area contributed by atoms with Crippen LogP contribution in [-0.2, 0) is 23.4 Å². The number of sulfone groups is 1. The lowest BCUT2D eigenvalue weighted by Crippen LogP contribution is -2.26. The van der Waals surface area contributed by atoms with Crippen LogP contribution in [0, 0.1) is 0 Å². The lowest BCUT2D eigenvalue weighted by molar-refractivity contribution is 0.574. The van der Waals surface area contributed by atoms with E-state index >= 15 is 0 Å². The normalized spacial score (nSPS) is 11.9. The van der Waals surface area contributed by atoms with Crippen LogP contribution in [0.2, 0.25) is 0 Å². The highest BCUT2D eigenvalue weighted by molar-refractivity contribution is 7.91. The molecule has 0 aliphatic heterocycles. The van der Waals surface area contributed by atoms with E-state index in [0.29, 0.717) is 0 Å². The summed E-state index contributed by atoms with van der Waals surface area (Å²) in [6.45, 7) is 1.70. The molecule has 1 rings (SSSR count). The van der Waals surface area contributed by atoms with Gasteiger partial charge in [0.15, 0.2) is 9.84 Å². The average molecular weight is 219 g/mol. The zero-order chi connectivity index (χ0) is 10.8. The van der Waals surface area contributed by atoms with Gasteiger partial charge in [-0.1, -0.05) is 6.92 Å². The van der Waals surface area contributed by atoms with Gasteiger partial charge in [-0.25, -0.2) is 17.9 Å². The monoisotopic (exact) mass is 219 g/mol. The molecule has 0 unspecified atom stereocenters. The first-order chi connectivity index (χ1) is 6.46. The molecule has 0 saturated heterocycles. The van der Waals surface area contributed by atoms with Gasteiger partial charge in [-0.15, -0.1) is 0 Å². The van der Waals surface area contributed by atoms with Gasteiger partial charge in [-0.3, -0.25) is 4.57 Å². The summed E-state index contributed by atoms with van der Waals surface area (Å²) in [6.07, 6.45) is 1.36. The topological polar surface area (TPSA) is 74.0 Å². The van der Waals surface area contributed by atoms with E-state index in [4.69, 9.17) is 0 Å². The lowest BCUT2D eigenvalue weighted by atomic mass is 10.8. The van der Waals surface area contributed by atoms with Crippen molar-refractivity contribution < 1.29 is 8.42 Å². The van der Waals surface area contributed by atoms with Gasteiger partial charge in [-0.2, -0.15) is 5.10 Å². The van der Waals surface area contributed by atoms with E-state index in [0.717, 1.165) is 4.68 Å². The van der Waals surface area contributed by atoms with Gasteiger partial charge in [0, 0.05) is 12.8 Å². The van der Waals surface area contributed by atoms with E-state index < -0.39 is 9.84 Å². The predicted octanol–water partition coefficient (Wildman–Crippen LogP) is -0.983. The minimum atomic E-state index is -3.03. The SMILES string of the molecule is CCS(=O)(=O)CCn1ncn(C)c1=O. The molecule has 0 aromatic carbocycles. The zero-order valence-corrected chi connectivity index (χ0v) is 8.99. The number of rotatable bonds is 4. The number of aryl methyl sites for hydroxylation is 2. The molecule has 80 valence electrons. The molecule has 0 aliphatic rings. The van der Waals surface area contributed by atoms with E-state index in [1.54, 1.807) is 14.0 Å². The fourth-order valence-electron chi connectivity index (χ4n) is 0.944. The van der Waals surface area contributed by atoms with Crippen molar-refractivity contribution in [3.8, 4) is 0 Å². The summed E-state index contributed by atoms with van der Waals surface area (Å²) in [7, 11) is -1.46.